The smallest absolute Gasteiger partial charge is 0.142 e. The van der Waals surface area contributed by atoms with Crippen LogP contribution in [-0.4, -0.2) is 13.2 Å². The predicted octanol–water partition coefficient (Wildman–Crippen LogP) is 3.36. The molecule has 0 spiro atoms. The first-order chi connectivity index (χ1) is 10.3. The zero-order chi connectivity index (χ0) is 14.7. The van der Waals surface area contributed by atoms with Crippen LogP contribution in [0.15, 0.2) is 36.4 Å². The Hall–Kier alpha value is -1.71. The highest BCUT2D eigenvalue weighted by atomic mass is 35.5. The van der Waals surface area contributed by atoms with Crippen molar-refractivity contribution in [1.29, 1.82) is 0 Å². The average molecular weight is 304 g/mol. The van der Waals surface area contributed by atoms with E-state index in [1.807, 2.05) is 24.3 Å². The van der Waals surface area contributed by atoms with Crippen molar-refractivity contribution in [2.75, 3.05) is 13.2 Å². The molecule has 1 aliphatic rings. The second kappa shape index (κ2) is 6.37. The van der Waals surface area contributed by atoms with Crippen molar-refractivity contribution in [2.45, 2.75) is 19.4 Å². The molecule has 110 valence electrons. The Morgan fingerprint density at radius 3 is 3.00 bits per heavy atom. The molecule has 0 atom stereocenters. The molecule has 0 unspecified atom stereocenters. The molecule has 21 heavy (non-hydrogen) atoms. The highest BCUT2D eigenvalue weighted by molar-refractivity contribution is 6.32. The molecule has 3 nitrogen and oxygen atoms in total. The van der Waals surface area contributed by atoms with Crippen LogP contribution >= 0.6 is 11.6 Å². The summed E-state index contributed by atoms with van der Waals surface area (Å²) in [6.45, 7) is 1.79. The van der Waals surface area contributed by atoms with Gasteiger partial charge in [-0.2, -0.15) is 0 Å². The first kappa shape index (κ1) is 14.2. The van der Waals surface area contributed by atoms with E-state index in [1.165, 1.54) is 11.1 Å². The summed E-state index contributed by atoms with van der Waals surface area (Å²) >= 11 is 6.17. The molecule has 3 rings (SSSR count). The highest BCUT2D eigenvalue weighted by Gasteiger charge is 2.12. The van der Waals surface area contributed by atoms with E-state index in [0.717, 1.165) is 30.8 Å². The molecular formula is C17H18ClNO2. The van der Waals surface area contributed by atoms with Gasteiger partial charge in [-0.15, -0.1) is 0 Å². The minimum Gasteiger partial charge on any atom is -0.493 e. The lowest BCUT2D eigenvalue weighted by molar-refractivity contribution is 0.319. The van der Waals surface area contributed by atoms with E-state index in [0.29, 0.717) is 23.9 Å². The van der Waals surface area contributed by atoms with Gasteiger partial charge in [0.1, 0.15) is 11.5 Å². The van der Waals surface area contributed by atoms with Gasteiger partial charge >= 0.3 is 0 Å². The van der Waals surface area contributed by atoms with Crippen LogP contribution in [0, 0.1) is 0 Å². The molecule has 1 heterocycles. The molecule has 0 saturated carbocycles. The van der Waals surface area contributed by atoms with Crippen molar-refractivity contribution in [3.63, 3.8) is 0 Å². The van der Waals surface area contributed by atoms with Gasteiger partial charge in [0.2, 0.25) is 0 Å². The summed E-state index contributed by atoms with van der Waals surface area (Å²) < 4.78 is 11.3. The third-order valence-corrected chi connectivity index (χ3v) is 3.96. The molecule has 2 aromatic rings. The molecule has 4 heteroatoms. The summed E-state index contributed by atoms with van der Waals surface area (Å²) in [6.07, 6.45) is 1.83. The van der Waals surface area contributed by atoms with Crippen molar-refractivity contribution < 1.29 is 9.47 Å². The monoisotopic (exact) mass is 303 g/mol. The van der Waals surface area contributed by atoms with Crippen LogP contribution in [0.1, 0.15) is 16.7 Å². The van der Waals surface area contributed by atoms with Crippen molar-refractivity contribution in [3.05, 3.63) is 58.1 Å². The number of hydrogen-bond donors (Lipinski definition) is 1. The Morgan fingerprint density at radius 1 is 1.24 bits per heavy atom. The van der Waals surface area contributed by atoms with Gasteiger partial charge in [-0.1, -0.05) is 35.9 Å². The lowest BCUT2D eigenvalue weighted by Gasteiger charge is -2.12. The second-order valence-corrected chi connectivity index (χ2v) is 5.48. The Bertz CT molecular complexity index is 643. The van der Waals surface area contributed by atoms with E-state index in [9.17, 15) is 0 Å². The maximum Gasteiger partial charge on any atom is 0.142 e. The fraction of sp³-hybridized carbons (Fsp3) is 0.294. The number of rotatable bonds is 5. The fourth-order valence-electron chi connectivity index (χ4n) is 2.54. The van der Waals surface area contributed by atoms with Gasteiger partial charge in [0.15, 0.2) is 0 Å². The molecule has 0 amide bonds. The van der Waals surface area contributed by atoms with Crippen LogP contribution in [-0.2, 0) is 19.4 Å². The Kier molecular flexibility index (Phi) is 4.32. The van der Waals surface area contributed by atoms with Gasteiger partial charge < -0.3 is 15.2 Å². The van der Waals surface area contributed by atoms with Crippen molar-refractivity contribution in [3.8, 4) is 11.5 Å². The van der Waals surface area contributed by atoms with Gasteiger partial charge in [0.05, 0.1) is 18.2 Å². The highest BCUT2D eigenvalue weighted by Crippen LogP contribution is 2.29. The van der Waals surface area contributed by atoms with E-state index in [4.69, 9.17) is 26.8 Å². The quantitative estimate of drug-likeness (QED) is 0.921. The summed E-state index contributed by atoms with van der Waals surface area (Å²) in [5, 5.41) is 0.611. The normalized spacial score (nSPS) is 12.9. The first-order valence-electron chi connectivity index (χ1n) is 7.13. The Balaban J connectivity index is 1.64. The van der Waals surface area contributed by atoms with Crippen LogP contribution in [0.2, 0.25) is 5.02 Å². The third kappa shape index (κ3) is 3.14. The first-order valence-corrected chi connectivity index (χ1v) is 7.50. The number of fused-ring (bicyclic) bond motifs is 1. The maximum absolute atomic E-state index is 6.17. The number of nitrogens with two attached hydrogens (primary N) is 1. The zero-order valence-electron chi connectivity index (χ0n) is 11.8. The molecule has 1 aliphatic heterocycles. The molecule has 0 fully saturated rings. The lowest BCUT2D eigenvalue weighted by atomic mass is 10.1. The maximum atomic E-state index is 6.17. The van der Waals surface area contributed by atoms with Crippen LogP contribution in [0.5, 0.6) is 11.5 Å². The molecular weight excluding hydrogens is 286 g/mol. The largest absolute Gasteiger partial charge is 0.493 e. The van der Waals surface area contributed by atoms with Gasteiger partial charge in [-0.05, 0) is 23.3 Å². The SMILES string of the molecule is NCc1cccc(Cl)c1OCCc1ccc2c(c1)CCO2. The minimum absolute atomic E-state index is 0.423. The van der Waals surface area contributed by atoms with E-state index < -0.39 is 0 Å². The fourth-order valence-corrected chi connectivity index (χ4v) is 2.79. The Labute approximate surface area is 129 Å². The van der Waals surface area contributed by atoms with Crippen molar-refractivity contribution in [2.24, 2.45) is 5.73 Å². The van der Waals surface area contributed by atoms with Crippen LogP contribution < -0.4 is 15.2 Å². The number of ether oxygens (including phenoxy) is 2. The van der Waals surface area contributed by atoms with Crippen LogP contribution in [0.3, 0.4) is 0 Å². The second-order valence-electron chi connectivity index (χ2n) is 5.07. The van der Waals surface area contributed by atoms with Crippen LogP contribution in [0.25, 0.3) is 0 Å². The van der Waals surface area contributed by atoms with Gasteiger partial charge in [-0.3, -0.25) is 0 Å². The molecule has 0 aromatic heterocycles. The minimum atomic E-state index is 0.423. The van der Waals surface area contributed by atoms with Gasteiger partial charge in [0.25, 0.3) is 0 Å². The molecule has 2 aromatic carbocycles. The zero-order valence-corrected chi connectivity index (χ0v) is 12.5. The number of hydrogen-bond acceptors (Lipinski definition) is 3. The molecule has 0 saturated heterocycles. The summed E-state index contributed by atoms with van der Waals surface area (Å²) in [5.41, 5.74) is 9.18. The third-order valence-electron chi connectivity index (χ3n) is 3.66. The standard InChI is InChI=1S/C17H18ClNO2/c18-15-3-1-2-14(11-19)17(15)21-8-6-12-4-5-16-13(10-12)7-9-20-16/h1-5,10H,6-9,11,19H2. The molecule has 2 N–H and O–H groups in total. The lowest BCUT2D eigenvalue weighted by Crippen LogP contribution is -2.06. The topological polar surface area (TPSA) is 44.5 Å². The van der Waals surface area contributed by atoms with Crippen molar-refractivity contribution >= 4 is 11.6 Å². The average Bonchev–Trinajstić information content (AvgIpc) is 2.96. The summed E-state index contributed by atoms with van der Waals surface area (Å²) in [6, 6.07) is 12.0. The Morgan fingerprint density at radius 2 is 2.14 bits per heavy atom. The molecule has 0 radical (unpaired) electrons. The van der Waals surface area contributed by atoms with E-state index in [-0.39, 0.29) is 0 Å². The van der Waals surface area contributed by atoms with Crippen LogP contribution in [0.4, 0.5) is 0 Å². The number of benzene rings is 2. The predicted molar refractivity (Wildman–Crippen MR) is 84.2 cm³/mol. The number of halogens is 1. The molecule has 0 aliphatic carbocycles. The summed E-state index contributed by atoms with van der Waals surface area (Å²) in [4.78, 5) is 0. The van der Waals surface area contributed by atoms with E-state index in [1.54, 1.807) is 0 Å². The van der Waals surface area contributed by atoms with Crippen molar-refractivity contribution in [1.82, 2.24) is 0 Å². The summed E-state index contributed by atoms with van der Waals surface area (Å²) in [5.74, 6) is 1.71. The van der Waals surface area contributed by atoms with E-state index in [2.05, 4.69) is 12.1 Å². The van der Waals surface area contributed by atoms with E-state index >= 15 is 0 Å². The van der Waals surface area contributed by atoms with Gasteiger partial charge in [0, 0.05) is 24.9 Å². The summed E-state index contributed by atoms with van der Waals surface area (Å²) in [7, 11) is 0. The number of para-hydroxylation sites is 1. The molecule has 0 bridgehead atoms. The van der Waals surface area contributed by atoms with Gasteiger partial charge in [-0.25, -0.2) is 0 Å².